The molecule has 8 heteroatoms. The highest BCUT2D eigenvalue weighted by atomic mass is 79.9. The van der Waals surface area contributed by atoms with Gasteiger partial charge in [-0.2, -0.15) is 0 Å². The minimum Gasteiger partial charge on any atom is -0.285 e. The molecule has 0 aliphatic rings. The van der Waals surface area contributed by atoms with E-state index in [1.165, 1.54) is 0 Å². The van der Waals surface area contributed by atoms with E-state index in [2.05, 4.69) is 30.8 Å². The highest BCUT2D eigenvalue weighted by molar-refractivity contribution is 9.10. The summed E-state index contributed by atoms with van der Waals surface area (Å²) in [6.07, 6.45) is 1.80. The van der Waals surface area contributed by atoms with Crippen molar-refractivity contribution in [1.29, 1.82) is 0 Å². The van der Waals surface area contributed by atoms with E-state index < -0.39 is 16.1 Å². The van der Waals surface area contributed by atoms with Gasteiger partial charge in [-0.3, -0.25) is 4.40 Å². The van der Waals surface area contributed by atoms with Gasteiger partial charge in [-0.25, -0.2) is 13.1 Å². The molecule has 120 valence electrons. The standard InChI is InChI=1S/C15H15BrN4O2S/c1-10-9-12(6-7-13(10)16)23(21,22)19-11(2)15-18-17-14-5-3-4-8-20(14)15/h3-9,11,19H,1-2H3/t11-/m0/s1. The predicted octanol–water partition coefficient (Wildman–Crippen LogP) is 2.84. The Labute approximate surface area is 142 Å². The van der Waals surface area contributed by atoms with Crippen LogP contribution in [-0.2, 0) is 10.0 Å². The second-order valence-corrected chi connectivity index (χ2v) is 7.81. The average Bonchev–Trinajstić information content (AvgIpc) is 2.93. The zero-order valence-corrected chi connectivity index (χ0v) is 15.0. The Morgan fingerprint density at radius 3 is 2.74 bits per heavy atom. The van der Waals surface area contributed by atoms with Crippen LogP contribution in [0.2, 0.25) is 0 Å². The Balaban J connectivity index is 1.92. The Bertz CT molecular complexity index is 969. The van der Waals surface area contributed by atoms with Crippen LogP contribution in [0.15, 0.2) is 52.0 Å². The molecule has 0 fully saturated rings. The number of nitrogens with zero attached hydrogens (tertiary/aromatic N) is 3. The third kappa shape index (κ3) is 3.15. The molecule has 0 spiro atoms. The highest BCUT2D eigenvalue weighted by Crippen LogP contribution is 2.21. The van der Waals surface area contributed by atoms with Gasteiger partial charge in [-0.15, -0.1) is 10.2 Å². The number of benzene rings is 1. The largest absolute Gasteiger partial charge is 0.285 e. The predicted molar refractivity (Wildman–Crippen MR) is 90.6 cm³/mol. The lowest BCUT2D eigenvalue weighted by atomic mass is 10.2. The first-order valence-corrected chi connectivity index (χ1v) is 9.24. The minimum atomic E-state index is -3.65. The van der Waals surface area contributed by atoms with E-state index in [1.807, 2.05) is 25.1 Å². The average molecular weight is 395 g/mol. The van der Waals surface area contributed by atoms with Gasteiger partial charge in [0.05, 0.1) is 10.9 Å². The van der Waals surface area contributed by atoms with Gasteiger partial charge in [0.25, 0.3) is 0 Å². The first kappa shape index (κ1) is 16.1. The van der Waals surface area contributed by atoms with Crippen LogP contribution in [-0.4, -0.2) is 23.0 Å². The molecule has 2 heterocycles. The number of sulfonamides is 1. The summed E-state index contributed by atoms with van der Waals surface area (Å²) in [5, 5.41) is 8.12. The van der Waals surface area contributed by atoms with Crippen molar-refractivity contribution in [2.24, 2.45) is 0 Å². The van der Waals surface area contributed by atoms with Crippen molar-refractivity contribution in [2.75, 3.05) is 0 Å². The van der Waals surface area contributed by atoms with E-state index in [4.69, 9.17) is 0 Å². The minimum absolute atomic E-state index is 0.221. The van der Waals surface area contributed by atoms with Gasteiger partial charge in [0, 0.05) is 10.7 Å². The molecular weight excluding hydrogens is 380 g/mol. The maximum atomic E-state index is 12.6. The fraction of sp³-hybridized carbons (Fsp3) is 0.200. The molecule has 0 aliphatic heterocycles. The summed E-state index contributed by atoms with van der Waals surface area (Å²) in [7, 11) is -3.65. The first-order chi connectivity index (χ1) is 10.9. The van der Waals surface area contributed by atoms with E-state index in [0.29, 0.717) is 11.5 Å². The number of hydrogen-bond donors (Lipinski definition) is 1. The second-order valence-electron chi connectivity index (χ2n) is 5.24. The fourth-order valence-electron chi connectivity index (χ4n) is 2.29. The van der Waals surface area contributed by atoms with E-state index in [0.717, 1.165) is 10.0 Å². The number of nitrogens with one attached hydrogen (secondary N) is 1. The molecular formula is C15H15BrN4O2S. The number of aryl methyl sites for hydroxylation is 1. The van der Waals surface area contributed by atoms with Gasteiger partial charge in [-0.1, -0.05) is 22.0 Å². The topological polar surface area (TPSA) is 76.4 Å². The molecule has 0 saturated heterocycles. The lowest BCUT2D eigenvalue weighted by molar-refractivity contribution is 0.558. The maximum absolute atomic E-state index is 12.6. The molecule has 6 nitrogen and oxygen atoms in total. The van der Waals surface area contributed by atoms with Gasteiger partial charge in [0.15, 0.2) is 11.5 Å². The highest BCUT2D eigenvalue weighted by Gasteiger charge is 2.22. The Kier molecular flexibility index (Phi) is 4.22. The first-order valence-electron chi connectivity index (χ1n) is 6.96. The lowest BCUT2D eigenvalue weighted by Gasteiger charge is -2.13. The molecule has 0 amide bonds. The molecule has 0 aliphatic carbocycles. The van der Waals surface area contributed by atoms with Gasteiger partial charge in [0.2, 0.25) is 10.0 Å². The van der Waals surface area contributed by atoms with Crippen molar-refractivity contribution in [3.05, 3.63) is 58.5 Å². The molecule has 1 atom stereocenters. The van der Waals surface area contributed by atoms with Crippen molar-refractivity contribution >= 4 is 31.6 Å². The SMILES string of the molecule is Cc1cc(S(=O)(=O)N[C@@H](C)c2nnc3ccccn23)ccc1Br. The third-order valence-corrected chi connectivity index (χ3v) is 5.93. The zero-order valence-electron chi connectivity index (χ0n) is 12.6. The molecule has 0 unspecified atom stereocenters. The van der Waals surface area contributed by atoms with E-state index in [9.17, 15) is 8.42 Å². The molecule has 1 aromatic carbocycles. The summed E-state index contributed by atoms with van der Waals surface area (Å²) in [5.41, 5.74) is 1.53. The molecule has 1 N–H and O–H groups in total. The zero-order chi connectivity index (χ0) is 16.6. The summed E-state index contributed by atoms with van der Waals surface area (Å²) < 4.78 is 30.4. The van der Waals surface area contributed by atoms with Crippen molar-refractivity contribution in [1.82, 2.24) is 19.3 Å². The van der Waals surface area contributed by atoms with Gasteiger partial charge >= 0.3 is 0 Å². The molecule has 3 rings (SSSR count). The third-order valence-electron chi connectivity index (χ3n) is 3.50. The smallest absolute Gasteiger partial charge is 0.241 e. The second kappa shape index (κ2) is 6.03. The quantitative estimate of drug-likeness (QED) is 0.737. The number of fused-ring (bicyclic) bond motifs is 1. The van der Waals surface area contributed by atoms with Gasteiger partial charge in [-0.05, 0) is 49.7 Å². The molecule has 3 aromatic rings. The Hall–Kier alpha value is -1.77. The Morgan fingerprint density at radius 1 is 1.22 bits per heavy atom. The number of hydrogen-bond acceptors (Lipinski definition) is 4. The lowest BCUT2D eigenvalue weighted by Crippen LogP contribution is -2.28. The normalized spacial score (nSPS) is 13.3. The van der Waals surface area contributed by atoms with Crippen LogP contribution in [0.3, 0.4) is 0 Å². The summed E-state index contributed by atoms with van der Waals surface area (Å²) in [6, 6.07) is 9.92. The number of rotatable bonds is 4. The van der Waals surface area contributed by atoms with Crippen molar-refractivity contribution in [3.63, 3.8) is 0 Å². The van der Waals surface area contributed by atoms with Crippen molar-refractivity contribution in [3.8, 4) is 0 Å². The van der Waals surface area contributed by atoms with Crippen LogP contribution >= 0.6 is 15.9 Å². The van der Waals surface area contributed by atoms with Crippen LogP contribution in [0.1, 0.15) is 24.4 Å². The summed E-state index contributed by atoms with van der Waals surface area (Å²) in [6.45, 7) is 3.59. The van der Waals surface area contributed by atoms with Crippen molar-refractivity contribution < 1.29 is 8.42 Å². The fourth-order valence-corrected chi connectivity index (χ4v) is 3.83. The van der Waals surface area contributed by atoms with Crippen LogP contribution in [0, 0.1) is 6.92 Å². The van der Waals surface area contributed by atoms with Gasteiger partial charge in [0.1, 0.15) is 0 Å². The summed E-state index contributed by atoms with van der Waals surface area (Å²) in [4.78, 5) is 0.221. The van der Waals surface area contributed by atoms with Crippen LogP contribution in [0.25, 0.3) is 5.65 Å². The van der Waals surface area contributed by atoms with E-state index >= 15 is 0 Å². The van der Waals surface area contributed by atoms with E-state index in [-0.39, 0.29) is 4.90 Å². The summed E-state index contributed by atoms with van der Waals surface area (Å²) in [5.74, 6) is 0.540. The number of halogens is 1. The van der Waals surface area contributed by atoms with Gasteiger partial charge < -0.3 is 0 Å². The van der Waals surface area contributed by atoms with Crippen molar-refractivity contribution in [2.45, 2.75) is 24.8 Å². The number of aromatic nitrogens is 3. The van der Waals surface area contributed by atoms with E-state index in [1.54, 1.807) is 35.7 Å². The Morgan fingerprint density at radius 2 is 2.00 bits per heavy atom. The maximum Gasteiger partial charge on any atom is 0.241 e. The van der Waals surface area contributed by atoms with Crippen LogP contribution in [0.4, 0.5) is 0 Å². The van der Waals surface area contributed by atoms with Crippen LogP contribution in [0.5, 0.6) is 0 Å². The molecule has 0 radical (unpaired) electrons. The molecule has 0 saturated carbocycles. The summed E-state index contributed by atoms with van der Waals surface area (Å²) >= 11 is 3.37. The molecule has 23 heavy (non-hydrogen) atoms. The monoisotopic (exact) mass is 394 g/mol. The molecule has 2 aromatic heterocycles. The van der Waals surface area contributed by atoms with Crippen LogP contribution < -0.4 is 4.72 Å². The molecule has 0 bridgehead atoms. The number of pyridine rings is 1.